The van der Waals surface area contributed by atoms with E-state index in [1.165, 1.54) is 12.0 Å². The number of hydrogen-bond donors (Lipinski definition) is 2. The molecule has 7 nitrogen and oxygen atoms in total. The molecule has 4 atom stereocenters. The van der Waals surface area contributed by atoms with Gasteiger partial charge < -0.3 is 20.1 Å². The van der Waals surface area contributed by atoms with Gasteiger partial charge in [0, 0.05) is 41.7 Å². The molecule has 1 aliphatic carbocycles. The van der Waals surface area contributed by atoms with E-state index in [9.17, 15) is 27.9 Å². The molecule has 1 aromatic carbocycles. The zero-order valence-electron chi connectivity index (χ0n) is 23.7. The summed E-state index contributed by atoms with van der Waals surface area (Å²) in [6.07, 6.45) is 0.267. The van der Waals surface area contributed by atoms with Crippen molar-refractivity contribution in [1.29, 1.82) is 0 Å². The van der Waals surface area contributed by atoms with Crippen molar-refractivity contribution in [2.45, 2.75) is 83.7 Å². The van der Waals surface area contributed by atoms with Crippen LogP contribution in [0.25, 0.3) is 0 Å². The van der Waals surface area contributed by atoms with E-state index in [1.54, 1.807) is 18.2 Å². The lowest BCUT2D eigenvalue weighted by Crippen LogP contribution is -2.49. The van der Waals surface area contributed by atoms with Crippen LogP contribution in [-0.2, 0) is 22.3 Å². The molecule has 11 heteroatoms. The fraction of sp³-hybridized carbons (Fsp3) is 0.567. The third-order valence-corrected chi connectivity index (χ3v) is 8.69. The van der Waals surface area contributed by atoms with Crippen molar-refractivity contribution in [3.05, 3.63) is 58.4 Å². The van der Waals surface area contributed by atoms with E-state index >= 15 is 0 Å². The maximum Gasteiger partial charge on any atom is 0.417 e. The second-order valence-electron chi connectivity index (χ2n) is 12.0. The number of hydrogen-bond acceptors (Lipinski definition) is 5. The number of methoxy groups -OCH3 is 1. The fourth-order valence-corrected chi connectivity index (χ4v) is 6.69. The number of pyridine rings is 1. The highest BCUT2D eigenvalue weighted by atomic mass is 35.5. The van der Waals surface area contributed by atoms with Crippen molar-refractivity contribution in [1.82, 2.24) is 15.2 Å². The number of para-hydroxylation sites is 1. The zero-order valence-corrected chi connectivity index (χ0v) is 24.4. The first kappa shape index (κ1) is 31.1. The molecule has 0 radical (unpaired) electrons. The molecule has 1 saturated heterocycles. The summed E-state index contributed by atoms with van der Waals surface area (Å²) in [6, 6.07) is 5.50. The van der Waals surface area contributed by atoms with Crippen molar-refractivity contribution >= 4 is 23.5 Å². The molecule has 1 aliphatic heterocycles. The van der Waals surface area contributed by atoms with Crippen molar-refractivity contribution in [3.8, 4) is 5.75 Å². The number of aliphatic carboxylic acids is 1. The van der Waals surface area contributed by atoms with Gasteiger partial charge in [-0.2, -0.15) is 13.2 Å². The van der Waals surface area contributed by atoms with Crippen molar-refractivity contribution in [3.63, 3.8) is 0 Å². The Balaban J connectivity index is 1.85. The largest absolute Gasteiger partial charge is 0.496 e. The second kappa shape index (κ2) is 12.2. The summed E-state index contributed by atoms with van der Waals surface area (Å²) in [5.74, 6) is -1.77. The number of carbonyl (C=O) groups is 2. The van der Waals surface area contributed by atoms with E-state index in [1.807, 2.05) is 26.8 Å². The van der Waals surface area contributed by atoms with Gasteiger partial charge in [0.2, 0.25) is 5.91 Å². The lowest BCUT2D eigenvalue weighted by atomic mass is 9.72. The molecule has 1 aromatic heterocycles. The SMILES string of the molecule is COc1ccccc1C1C(NCc2cc(C(F)(F)F)cnc2Cl)C(C(C)(C)C)C(C(=O)O)N1C(=O)C1CCCCC1. The van der Waals surface area contributed by atoms with Crippen LogP contribution in [0, 0.1) is 17.3 Å². The Labute approximate surface area is 243 Å². The van der Waals surface area contributed by atoms with Gasteiger partial charge in [-0.05, 0) is 30.4 Å². The summed E-state index contributed by atoms with van der Waals surface area (Å²) in [6.45, 7) is 5.62. The van der Waals surface area contributed by atoms with Crippen LogP contribution in [0.2, 0.25) is 5.15 Å². The van der Waals surface area contributed by atoms with E-state index in [4.69, 9.17) is 16.3 Å². The summed E-state index contributed by atoms with van der Waals surface area (Å²) in [4.78, 5) is 32.5. The molecule has 2 heterocycles. The highest BCUT2D eigenvalue weighted by molar-refractivity contribution is 6.30. The maximum absolute atomic E-state index is 14.2. The molecule has 4 unspecified atom stereocenters. The number of carboxylic acids is 1. The Morgan fingerprint density at radius 3 is 2.39 bits per heavy atom. The van der Waals surface area contributed by atoms with Crippen molar-refractivity contribution in [2.24, 2.45) is 17.3 Å². The Bertz CT molecular complexity index is 1260. The first-order valence-electron chi connectivity index (χ1n) is 13.9. The van der Waals surface area contributed by atoms with Gasteiger partial charge in [0.25, 0.3) is 0 Å². The number of amides is 1. The molecule has 2 N–H and O–H groups in total. The minimum Gasteiger partial charge on any atom is -0.496 e. The van der Waals surface area contributed by atoms with Crippen LogP contribution in [0.3, 0.4) is 0 Å². The summed E-state index contributed by atoms with van der Waals surface area (Å²) in [5.41, 5.74) is -0.797. The van der Waals surface area contributed by atoms with Crippen LogP contribution in [0.15, 0.2) is 36.5 Å². The van der Waals surface area contributed by atoms with E-state index in [0.717, 1.165) is 25.3 Å². The van der Waals surface area contributed by atoms with Gasteiger partial charge in [-0.1, -0.05) is 69.8 Å². The Kier molecular flexibility index (Phi) is 9.23. The Morgan fingerprint density at radius 1 is 1.15 bits per heavy atom. The summed E-state index contributed by atoms with van der Waals surface area (Å²) in [7, 11) is 1.51. The Morgan fingerprint density at radius 2 is 1.80 bits per heavy atom. The molecule has 2 aromatic rings. The number of nitrogens with zero attached hydrogens (tertiary/aromatic N) is 2. The highest BCUT2D eigenvalue weighted by Crippen LogP contribution is 2.51. The summed E-state index contributed by atoms with van der Waals surface area (Å²) >= 11 is 6.22. The smallest absolute Gasteiger partial charge is 0.417 e. The van der Waals surface area contributed by atoms with Crippen LogP contribution in [0.4, 0.5) is 13.2 Å². The third kappa shape index (κ3) is 6.48. The molecular formula is C30H37ClF3N3O4. The second-order valence-corrected chi connectivity index (χ2v) is 12.4. The molecule has 0 spiro atoms. The number of nitrogens with one attached hydrogen (secondary N) is 1. The minimum atomic E-state index is -4.61. The molecule has 224 valence electrons. The molecule has 2 fully saturated rings. The van der Waals surface area contributed by atoms with E-state index < -0.39 is 47.2 Å². The number of halogens is 4. The minimum absolute atomic E-state index is 0.0884. The predicted molar refractivity (Wildman–Crippen MR) is 148 cm³/mol. The van der Waals surface area contributed by atoms with Gasteiger partial charge in [0.1, 0.15) is 16.9 Å². The van der Waals surface area contributed by atoms with E-state index in [0.29, 0.717) is 30.4 Å². The zero-order chi connectivity index (χ0) is 30.1. The van der Waals surface area contributed by atoms with Crippen LogP contribution in [0.1, 0.15) is 75.6 Å². The van der Waals surface area contributed by atoms with Crippen LogP contribution in [0.5, 0.6) is 5.75 Å². The first-order chi connectivity index (χ1) is 19.3. The van der Waals surface area contributed by atoms with E-state index in [2.05, 4.69) is 10.3 Å². The number of benzene rings is 1. The normalized spacial score (nSPS) is 24.0. The summed E-state index contributed by atoms with van der Waals surface area (Å²) in [5, 5.41) is 13.9. The average Bonchev–Trinajstić information content (AvgIpc) is 3.27. The average molecular weight is 596 g/mol. The molecule has 41 heavy (non-hydrogen) atoms. The molecular weight excluding hydrogens is 559 g/mol. The van der Waals surface area contributed by atoms with Crippen molar-refractivity contribution < 1.29 is 32.6 Å². The first-order valence-corrected chi connectivity index (χ1v) is 14.3. The number of likely N-dealkylation sites (tertiary alicyclic amines) is 1. The van der Waals surface area contributed by atoms with Gasteiger partial charge in [0.05, 0.1) is 18.7 Å². The fourth-order valence-electron chi connectivity index (χ4n) is 6.52. The molecule has 2 aliphatic rings. The monoisotopic (exact) mass is 595 g/mol. The van der Waals surface area contributed by atoms with Crippen LogP contribution < -0.4 is 10.1 Å². The summed E-state index contributed by atoms with van der Waals surface area (Å²) < 4.78 is 46.0. The predicted octanol–water partition coefficient (Wildman–Crippen LogP) is 6.50. The van der Waals surface area contributed by atoms with Gasteiger partial charge in [0.15, 0.2) is 0 Å². The standard InChI is InChI=1S/C30H37ClF3N3O4/c1-29(2,3)22-23(35-15-18-14-19(30(32,33)34)16-36-26(18)31)24(20-12-8-9-13-21(20)41-4)37(25(22)28(39)40)27(38)17-10-6-5-7-11-17/h8-9,12-14,16-17,22-25,35H,5-7,10-11,15H2,1-4H3,(H,39,40). The van der Waals surface area contributed by atoms with Gasteiger partial charge >= 0.3 is 12.1 Å². The quantitative estimate of drug-likeness (QED) is 0.355. The van der Waals surface area contributed by atoms with Crippen LogP contribution >= 0.6 is 11.6 Å². The van der Waals surface area contributed by atoms with E-state index in [-0.39, 0.29) is 29.1 Å². The molecule has 1 amide bonds. The molecule has 4 rings (SSSR count). The highest BCUT2D eigenvalue weighted by Gasteiger charge is 2.59. The number of alkyl halides is 3. The Hall–Kier alpha value is -2.85. The topological polar surface area (TPSA) is 91.8 Å². The lowest BCUT2D eigenvalue weighted by Gasteiger charge is -2.36. The number of aromatic nitrogens is 1. The van der Waals surface area contributed by atoms with Crippen LogP contribution in [-0.4, -0.2) is 46.1 Å². The molecule has 0 bridgehead atoms. The number of ether oxygens (including phenoxy) is 1. The molecule has 1 saturated carbocycles. The van der Waals surface area contributed by atoms with Gasteiger partial charge in [-0.15, -0.1) is 0 Å². The number of rotatable bonds is 7. The van der Waals surface area contributed by atoms with Gasteiger partial charge in [-0.25, -0.2) is 9.78 Å². The number of carbonyl (C=O) groups excluding carboxylic acids is 1. The van der Waals surface area contributed by atoms with Crippen molar-refractivity contribution in [2.75, 3.05) is 7.11 Å². The number of carboxylic acid groups (broad SMARTS) is 1. The third-order valence-electron chi connectivity index (χ3n) is 8.35. The maximum atomic E-state index is 14.2. The lowest BCUT2D eigenvalue weighted by molar-refractivity contribution is -0.154. The van der Waals surface area contributed by atoms with Gasteiger partial charge in [-0.3, -0.25) is 4.79 Å².